The summed E-state index contributed by atoms with van der Waals surface area (Å²) < 4.78 is 0. The summed E-state index contributed by atoms with van der Waals surface area (Å²) in [5, 5.41) is 9.37. The fraction of sp³-hybridized carbons (Fsp3) is 0.600. The van der Waals surface area contributed by atoms with Crippen molar-refractivity contribution in [2.75, 3.05) is 31.1 Å². The van der Waals surface area contributed by atoms with Gasteiger partial charge in [0, 0.05) is 11.7 Å². The Kier molecular flexibility index (Phi) is 12.2. The molecule has 2 atom stereocenters. The van der Waals surface area contributed by atoms with Crippen LogP contribution in [0.1, 0.15) is 13.8 Å². The van der Waals surface area contributed by atoms with E-state index < -0.39 is 35.6 Å². The summed E-state index contributed by atoms with van der Waals surface area (Å²) in [6, 6.07) is -0.771. The van der Waals surface area contributed by atoms with E-state index in [-0.39, 0.29) is 31.3 Å². The third-order valence-electron chi connectivity index (χ3n) is 3.11. The van der Waals surface area contributed by atoms with Gasteiger partial charge in [-0.25, -0.2) is 0 Å². The van der Waals surface area contributed by atoms with Crippen molar-refractivity contribution in [1.29, 1.82) is 0 Å². The number of rotatable bonds is 13. The molecule has 11 nitrogen and oxygen atoms in total. The Bertz CT molecular complexity index is 571. The predicted octanol–water partition coefficient (Wildman–Crippen LogP) is -3.11. The Morgan fingerprint density at radius 1 is 0.963 bits per heavy atom. The molecule has 0 aromatic carbocycles. The molecule has 5 amide bonds. The maximum atomic E-state index is 11.8. The molecule has 152 valence electrons. The molecule has 0 saturated carbocycles. The molecule has 0 aromatic rings. The van der Waals surface area contributed by atoms with Gasteiger partial charge in [0.15, 0.2) is 0 Å². The summed E-state index contributed by atoms with van der Waals surface area (Å²) in [4.78, 5) is 67.1. The summed E-state index contributed by atoms with van der Waals surface area (Å²) in [6.45, 7) is 2.39. The number of carbonyl (C=O) groups excluding carboxylic acids is 6. The average Bonchev–Trinajstić information content (AvgIpc) is 2.62. The van der Waals surface area contributed by atoms with E-state index in [9.17, 15) is 28.8 Å². The minimum Gasteiger partial charge on any atom is -0.368 e. The van der Waals surface area contributed by atoms with E-state index in [4.69, 9.17) is 5.73 Å². The minimum atomic E-state index is -0.771. The second kappa shape index (κ2) is 13.6. The van der Waals surface area contributed by atoms with Gasteiger partial charge in [0.25, 0.3) is 0 Å². The molecule has 0 aliphatic rings. The van der Waals surface area contributed by atoms with Crippen LogP contribution in [0.2, 0.25) is 0 Å². The van der Waals surface area contributed by atoms with Crippen LogP contribution in [0.15, 0.2) is 0 Å². The third-order valence-corrected chi connectivity index (χ3v) is 4.31. The van der Waals surface area contributed by atoms with Crippen molar-refractivity contribution >= 4 is 47.6 Å². The first-order valence-corrected chi connectivity index (χ1v) is 9.24. The Balaban J connectivity index is 3.92. The molecular formula is C15H25N5O6S. The van der Waals surface area contributed by atoms with E-state index in [0.717, 1.165) is 0 Å². The van der Waals surface area contributed by atoms with Crippen LogP contribution in [0.4, 0.5) is 0 Å². The van der Waals surface area contributed by atoms with Crippen LogP contribution in [0.25, 0.3) is 0 Å². The van der Waals surface area contributed by atoms with Gasteiger partial charge >= 0.3 is 0 Å². The first kappa shape index (κ1) is 24.4. The average molecular weight is 403 g/mol. The molecule has 6 N–H and O–H groups in total. The van der Waals surface area contributed by atoms with E-state index in [0.29, 0.717) is 12.0 Å². The van der Waals surface area contributed by atoms with E-state index in [2.05, 4.69) is 21.3 Å². The van der Waals surface area contributed by atoms with Gasteiger partial charge in [0.2, 0.25) is 29.5 Å². The van der Waals surface area contributed by atoms with Crippen molar-refractivity contribution < 1.29 is 28.8 Å². The first-order chi connectivity index (χ1) is 12.7. The monoisotopic (exact) mass is 403 g/mol. The van der Waals surface area contributed by atoms with E-state index >= 15 is 0 Å². The van der Waals surface area contributed by atoms with Crippen molar-refractivity contribution in [2.24, 2.45) is 11.7 Å². The van der Waals surface area contributed by atoms with Crippen LogP contribution in [0, 0.1) is 5.92 Å². The molecule has 0 bridgehead atoms. The number of hydrogen-bond acceptors (Lipinski definition) is 7. The summed E-state index contributed by atoms with van der Waals surface area (Å²) in [7, 11) is 0. The quantitative estimate of drug-likeness (QED) is 0.202. The standard InChI is InChI=1S/C15H25N5O6S/c1-9(15(26)20-10(2)14(16)25)7-27-8-13(24)19-6-12(23)18-5-11(22)17-3-4-21/h4,9-10H,3,5-8H2,1-2H3,(H2,16,25)(H,17,22)(H,18,23)(H,19,24)(H,20,26). The van der Waals surface area contributed by atoms with Gasteiger partial charge < -0.3 is 31.8 Å². The zero-order chi connectivity index (χ0) is 20.8. The van der Waals surface area contributed by atoms with E-state index in [1.165, 1.54) is 18.7 Å². The maximum Gasteiger partial charge on any atom is 0.239 e. The highest BCUT2D eigenvalue weighted by molar-refractivity contribution is 7.99. The number of primary amides is 1. The van der Waals surface area contributed by atoms with Crippen LogP contribution >= 0.6 is 11.8 Å². The molecule has 0 radical (unpaired) electrons. The van der Waals surface area contributed by atoms with Gasteiger partial charge in [-0.15, -0.1) is 0 Å². The largest absolute Gasteiger partial charge is 0.368 e. The molecule has 27 heavy (non-hydrogen) atoms. The molecule has 0 aromatic heterocycles. The van der Waals surface area contributed by atoms with Crippen LogP contribution in [-0.2, 0) is 28.8 Å². The fourth-order valence-corrected chi connectivity index (χ4v) is 2.43. The second-order valence-electron chi connectivity index (χ2n) is 5.57. The maximum absolute atomic E-state index is 11.8. The molecule has 0 fully saturated rings. The van der Waals surface area contributed by atoms with E-state index in [1.807, 2.05) is 0 Å². The van der Waals surface area contributed by atoms with Crippen LogP contribution in [-0.4, -0.2) is 73.0 Å². The predicted molar refractivity (Wildman–Crippen MR) is 98.4 cm³/mol. The number of thioether (sulfide) groups is 1. The van der Waals surface area contributed by atoms with Crippen LogP contribution < -0.4 is 27.0 Å². The van der Waals surface area contributed by atoms with Gasteiger partial charge in [-0.2, -0.15) is 11.8 Å². The topological polar surface area (TPSA) is 177 Å². The first-order valence-electron chi connectivity index (χ1n) is 8.08. The van der Waals surface area contributed by atoms with Crippen molar-refractivity contribution in [2.45, 2.75) is 19.9 Å². The summed E-state index contributed by atoms with van der Waals surface area (Å²) in [5.41, 5.74) is 5.06. The van der Waals surface area contributed by atoms with Crippen molar-refractivity contribution in [3.8, 4) is 0 Å². The molecule has 0 spiro atoms. The van der Waals surface area contributed by atoms with Crippen molar-refractivity contribution in [3.63, 3.8) is 0 Å². The minimum absolute atomic E-state index is 0.0378. The lowest BCUT2D eigenvalue weighted by Gasteiger charge is -2.15. The van der Waals surface area contributed by atoms with Crippen LogP contribution in [0.3, 0.4) is 0 Å². The lowest BCUT2D eigenvalue weighted by Crippen LogP contribution is -2.44. The van der Waals surface area contributed by atoms with Crippen LogP contribution in [0.5, 0.6) is 0 Å². The molecule has 2 unspecified atom stereocenters. The lowest BCUT2D eigenvalue weighted by molar-refractivity contribution is -0.128. The summed E-state index contributed by atoms with van der Waals surface area (Å²) in [6.07, 6.45) is 0.514. The number of aldehydes is 1. The summed E-state index contributed by atoms with van der Waals surface area (Å²) >= 11 is 1.19. The highest BCUT2D eigenvalue weighted by Gasteiger charge is 2.18. The molecule has 0 aliphatic heterocycles. The number of carbonyl (C=O) groups is 6. The molecular weight excluding hydrogens is 378 g/mol. The van der Waals surface area contributed by atoms with Gasteiger partial charge in [-0.1, -0.05) is 6.92 Å². The number of hydrogen-bond donors (Lipinski definition) is 5. The Hall–Kier alpha value is -2.63. The Labute approximate surface area is 160 Å². The van der Waals surface area contributed by atoms with E-state index in [1.54, 1.807) is 6.92 Å². The normalized spacial score (nSPS) is 12.2. The highest BCUT2D eigenvalue weighted by atomic mass is 32.2. The number of nitrogens with two attached hydrogens (primary N) is 1. The molecule has 12 heteroatoms. The smallest absolute Gasteiger partial charge is 0.239 e. The Morgan fingerprint density at radius 3 is 2.07 bits per heavy atom. The van der Waals surface area contributed by atoms with Crippen molar-refractivity contribution in [3.05, 3.63) is 0 Å². The highest BCUT2D eigenvalue weighted by Crippen LogP contribution is 2.08. The lowest BCUT2D eigenvalue weighted by atomic mass is 10.2. The molecule has 0 saturated heterocycles. The van der Waals surface area contributed by atoms with Gasteiger partial charge in [0.1, 0.15) is 12.3 Å². The third kappa shape index (κ3) is 12.4. The molecule has 0 aliphatic carbocycles. The van der Waals surface area contributed by atoms with Gasteiger partial charge in [0.05, 0.1) is 25.4 Å². The molecule has 0 rings (SSSR count). The number of amides is 5. The fourth-order valence-electron chi connectivity index (χ4n) is 1.52. The summed E-state index contributed by atoms with van der Waals surface area (Å²) in [5.74, 6) is -2.51. The van der Waals surface area contributed by atoms with Crippen molar-refractivity contribution in [1.82, 2.24) is 21.3 Å². The zero-order valence-electron chi connectivity index (χ0n) is 15.2. The van der Waals surface area contributed by atoms with Gasteiger partial charge in [-0.3, -0.25) is 24.0 Å². The Morgan fingerprint density at radius 2 is 1.52 bits per heavy atom. The second-order valence-corrected chi connectivity index (χ2v) is 6.60. The molecule has 0 heterocycles. The SMILES string of the molecule is CC(CSCC(=O)NCC(=O)NCC(=O)NCC=O)C(=O)NC(C)C(N)=O. The number of nitrogens with one attached hydrogen (secondary N) is 4. The van der Waals surface area contributed by atoms with Gasteiger partial charge in [-0.05, 0) is 6.92 Å². The zero-order valence-corrected chi connectivity index (χ0v) is 16.0.